The van der Waals surface area contributed by atoms with Crippen molar-refractivity contribution in [2.45, 2.75) is 6.92 Å². The van der Waals surface area contributed by atoms with Gasteiger partial charge in [-0.2, -0.15) is 4.99 Å². The van der Waals surface area contributed by atoms with Gasteiger partial charge in [0.2, 0.25) is 0 Å². The van der Waals surface area contributed by atoms with Gasteiger partial charge in [0.05, 0.1) is 0 Å². The Morgan fingerprint density at radius 1 is 1.35 bits per heavy atom. The summed E-state index contributed by atoms with van der Waals surface area (Å²) < 4.78 is 2.81. The molecular formula is C11H16ClN5O2S. The molecule has 0 saturated carbocycles. The van der Waals surface area contributed by atoms with E-state index in [2.05, 4.69) is 15.0 Å². The molecule has 0 heterocycles. The van der Waals surface area contributed by atoms with Crippen LogP contribution in [0.5, 0.6) is 0 Å². The summed E-state index contributed by atoms with van der Waals surface area (Å²) in [5, 5.41) is 2.35. The lowest BCUT2D eigenvalue weighted by Gasteiger charge is -2.05. The van der Waals surface area contributed by atoms with E-state index in [1.807, 2.05) is 6.92 Å². The Bertz CT molecular complexity index is 505. The summed E-state index contributed by atoms with van der Waals surface area (Å²) in [5.74, 6) is -0.863. The maximum Gasteiger partial charge on any atom is 0.298 e. The van der Waals surface area contributed by atoms with Crippen molar-refractivity contribution in [1.82, 2.24) is 4.72 Å². The fourth-order valence-electron chi connectivity index (χ4n) is 1.19. The quantitative estimate of drug-likeness (QED) is 0.377. The van der Waals surface area contributed by atoms with E-state index in [0.29, 0.717) is 17.8 Å². The number of nitrogens with zero attached hydrogens (tertiary/aromatic N) is 1. The first-order chi connectivity index (χ1) is 9.02. The number of benzene rings is 1. The molecule has 6 N–H and O–H groups in total. The second-order valence-corrected chi connectivity index (χ2v) is 4.30. The third-order valence-electron chi connectivity index (χ3n) is 1.90. The molecular weight excluding hydrogens is 302 g/mol. The fraction of sp³-hybridized carbons (Fsp3) is 0.182. The van der Waals surface area contributed by atoms with Gasteiger partial charge in [-0.05, 0) is 18.2 Å². The number of carbonyl (C=O) groups excluding carboxylic acids is 2. The molecule has 0 spiro atoms. The average molecular weight is 318 g/mol. The van der Waals surface area contributed by atoms with Gasteiger partial charge in [-0.1, -0.05) is 13.0 Å². The number of hydrogen-bond acceptors (Lipinski definition) is 4. The first kappa shape index (κ1) is 18.2. The molecule has 9 heteroatoms. The third kappa shape index (κ3) is 6.41. The lowest BCUT2D eigenvalue weighted by Crippen LogP contribution is -2.24. The van der Waals surface area contributed by atoms with Crippen molar-refractivity contribution in [3.8, 4) is 0 Å². The van der Waals surface area contributed by atoms with E-state index in [4.69, 9.17) is 11.5 Å². The minimum atomic E-state index is -0.560. The molecule has 7 nitrogen and oxygen atoms in total. The van der Waals surface area contributed by atoms with Crippen molar-refractivity contribution in [3.05, 3.63) is 29.8 Å². The summed E-state index contributed by atoms with van der Waals surface area (Å²) in [4.78, 5) is 26.5. The Hall–Kier alpha value is -1.77. The largest absolute Gasteiger partial charge is 0.370 e. The number of nitrogens with two attached hydrogens (primary N) is 2. The first-order valence-electron chi connectivity index (χ1n) is 5.47. The number of carbonyl (C=O) groups is 2. The lowest BCUT2D eigenvalue weighted by molar-refractivity contribution is 0.100. The predicted octanol–water partition coefficient (Wildman–Crippen LogP) is 1.31. The van der Waals surface area contributed by atoms with Gasteiger partial charge in [0.25, 0.3) is 11.1 Å². The predicted molar refractivity (Wildman–Crippen MR) is 84.1 cm³/mol. The van der Waals surface area contributed by atoms with Crippen LogP contribution in [-0.2, 0) is 0 Å². The minimum absolute atomic E-state index is 0. The zero-order valence-electron chi connectivity index (χ0n) is 10.8. The van der Waals surface area contributed by atoms with Gasteiger partial charge in [-0.3, -0.25) is 14.3 Å². The van der Waals surface area contributed by atoms with Crippen LogP contribution >= 0.6 is 24.4 Å². The standard InChI is InChI=1S/C11H15N5O2S.ClH/c1-2-14-19-11(18)15-8-5-3-4-7(6-8)9(17)16-10(12)13;/h3-6,14H,2H2,1H3,(H,15,18)(H4,12,13,16,17);1H. The number of hydrogen-bond donors (Lipinski definition) is 4. The monoisotopic (exact) mass is 317 g/mol. The molecule has 0 aromatic heterocycles. The maximum atomic E-state index is 11.6. The number of nitrogens with one attached hydrogen (secondary N) is 2. The number of anilines is 1. The fourth-order valence-corrected chi connectivity index (χ4v) is 1.64. The summed E-state index contributed by atoms with van der Waals surface area (Å²) in [6.45, 7) is 2.55. The molecule has 1 aromatic carbocycles. The van der Waals surface area contributed by atoms with Crippen LogP contribution in [-0.4, -0.2) is 23.7 Å². The van der Waals surface area contributed by atoms with Gasteiger partial charge in [0, 0.05) is 29.7 Å². The van der Waals surface area contributed by atoms with Crippen LogP contribution in [0.2, 0.25) is 0 Å². The van der Waals surface area contributed by atoms with Crippen LogP contribution in [0.25, 0.3) is 0 Å². The van der Waals surface area contributed by atoms with Crippen molar-refractivity contribution in [2.75, 3.05) is 11.9 Å². The molecule has 110 valence electrons. The highest BCUT2D eigenvalue weighted by atomic mass is 35.5. The maximum absolute atomic E-state index is 11.6. The molecule has 0 aliphatic carbocycles. The highest BCUT2D eigenvalue weighted by Crippen LogP contribution is 2.13. The number of amides is 2. The van der Waals surface area contributed by atoms with Gasteiger partial charge in [-0.15, -0.1) is 12.4 Å². The summed E-state index contributed by atoms with van der Waals surface area (Å²) in [5.41, 5.74) is 11.0. The number of guanidine groups is 1. The van der Waals surface area contributed by atoms with Gasteiger partial charge in [0.15, 0.2) is 5.96 Å². The van der Waals surface area contributed by atoms with E-state index < -0.39 is 5.91 Å². The van der Waals surface area contributed by atoms with Crippen LogP contribution in [0.3, 0.4) is 0 Å². The summed E-state index contributed by atoms with van der Waals surface area (Å²) in [6, 6.07) is 6.35. The third-order valence-corrected chi connectivity index (χ3v) is 2.62. The molecule has 0 bridgehead atoms. The van der Waals surface area contributed by atoms with Crippen LogP contribution in [0.4, 0.5) is 10.5 Å². The molecule has 1 aromatic rings. The Balaban J connectivity index is 0.00000361. The van der Waals surface area contributed by atoms with Crippen molar-refractivity contribution in [3.63, 3.8) is 0 Å². The number of aliphatic imine (C=N–C) groups is 1. The van der Waals surface area contributed by atoms with E-state index in [1.54, 1.807) is 18.2 Å². The summed E-state index contributed by atoms with van der Waals surface area (Å²) in [6.07, 6.45) is 0. The minimum Gasteiger partial charge on any atom is -0.370 e. The normalized spacial score (nSPS) is 9.25. The van der Waals surface area contributed by atoms with Gasteiger partial charge in [0.1, 0.15) is 0 Å². The van der Waals surface area contributed by atoms with Crippen LogP contribution in [0.1, 0.15) is 17.3 Å². The Kier molecular flexibility index (Phi) is 8.37. The van der Waals surface area contributed by atoms with Crippen molar-refractivity contribution in [2.24, 2.45) is 16.5 Å². The van der Waals surface area contributed by atoms with Crippen molar-refractivity contribution >= 4 is 47.1 Å². The molecule has 0 fully saturated rings. The molecule has 0 saturated heterocycles. The first-order valence-corrected chi connectivity index (χ1v) is 6.29. The van der Waals surface area contributed by atoms with E-state index in [1.165, 1.54) is 6.07 Å². The second kappa shape index (κ2) is 9.18. The topological polar surface area (TPSA) is 123 Å². The smallest absolute Gasteiger partial charge is 0.298 e. The zero-order valence-corrected chi connectivity index (χ0v) is 12.4. The molecule has 0 radical (unpaired) electrons. The van der Waals surface area contributed by atoms with E-state index >= 15 is 0 Å². The lowest BCUT2D eigenvalue weighted by atomic mass is 10.2. The van der Waals surface area contributed by atoms with Crippen molar-refractivity contribution < 1.29 is 9.59 Å². The van der Waals surface area contributed by atoms with E-state index in [9.17, 15) is 9.59 Å². The number of halogens is 1. The Morgan fingerprint density at radius 2 is 2.05 bits per heavy atom. The SMILES string of the molecule is CCNSC(=O)Nc1cccc(C(=O)N=C(N)N)c1.Cl. The highest BCUT2D eigenvalue weighted by Gasteiger charge is 2.07. The van der Waals surface area contributed by atoms with E-state index in [0.717, 1.165) is 11.9 Å². The molecule has 0 aliphatic heterocycles. The summed E-state index contributed by atoms with van der Waals surface area (Å²) >= 11 is 0.944. The highest BCUT2D eigenvalue weighted by molar-refractivity contribution is 8.12. The second-order valence-electron chi connectivity index (χ2n) is 3.44. The van der Waals surface area contributed by atoms with Gasteiger partial charge < -0.3 is 16.8 Å². The van der Waals surface area contributed by atoms with Crippen LogP contribution in [0.15, 0.2) is 29.3 Å². The van der Waals surface area contributed by atoms with Crippen LogP contribution in [0, 0.1) is 0 Å². The number of rotatable bonds is 4. The van der Waals surface area contributed by atoms with Crippen molar-refractivity contribution in [1.29, 1.82) is 0 Å². The molecule has 0 atom stereocenters. The zero-order chi connectivity index (χ0) is 14.3. The Morgan fingerprint density at radius 3 is 2.65 bits per heavy atom. The van der Waals surface area contributed by atoms with Gasteiger partial charge >= 0.3 is 0 Å². The summed E-state index contributed by atoms with van der Waals surface area (Å²) in [7, 11) is 0. The molecule has 2 amide bonds. The van der Waals surface area contributed by atoms with Crippen LogP contribution < -0.4 is 21.5 Å². The molecule has 1 rings (SSSR count). The molecule has 20 heavy (non-hydrogen) atoms. The molecule has 0 aliphatic rings. The van der Waals surface area contributed by atoms with Gasteiger partial charge in [-0.25, -0.2) is 0 Å². The van der Waals surface area contributed by atoms with E-state index in [-0.39, 0.29) is 23.6 Å². The Labute approximate surface area is 127 Å². The molecule has 0 unspecified atom stereocenters. The average Bonchev–Trinajstić information content (AvgIpc) is 2.36.